The molecule has 0 aromatic heterocycles. The number of hydrogen-bond donors (Lipinski definition) is 1. The Morgan fingerprint density at radius 2 is 1.56 bits per heavy atom. The molecule has 1 saturated heterocycles. The smallest absolute Gasteiger partial charge is 0.351 e. The summed E-state index contributed by atoms with van der Waals surface area (Å²) >= 11 is 0. The van der Waals surface area contributed by atoms with Crippen molar-refractivity contribution in [1.29, 1.82) is 0 Å². The van der Waals surface area contributed by atoms with E-state index in [0.717, 1.165) is 50.4 Å². The molecule has 5 nitrogen and oxygen atoms in total. The van der Waals surface area contributed by atoms with E-state index in [2.05, 4.69) is 22.3 Å². The molecule has 1 aliphatic carbocycles. The summed E-state index contributed by atoms with van der Waals surface area (Å²) in [4.78, 5) is 29.4. The zero-order valence-electron chi connectivity index (χ0n) is 25.2. The summed E-state index contributed by atoms with van der Waals surface area (Å²) in [6.45, 7) is 1.25. The van der Waals surface area contributed by atoms with Crippen LogP contribution in [0, 0.1) is 0 Å². The average Bonchev–Trinajstić information content (AvgIpc) is 3.64. The summed E-state index contributed by atoms with van der Waals surface area (Å²) in [6.07, 6.45) is -1.49. The van der Waals surface area contributed by atoms with Crippen LogP contribution in [-0.2, 0) is 9.59 Å². The van der Waals surface area contributed by atoms with Crippen LogP contribution in [0.5, 0.6) is 0 Å². The van der Waals surface area contributed by atoms with Crippen molar-refractivity contribution in [2.45, 2.75) is 50.9 Å². The van der Waals surface area contributed by atoms with Crippen LogP contribution in [0.1, 0.15) is 49.7 Å². The van der Waals surface area contributed by atoms with Gasteiger partial charge in [0.05, 0.1) is 11.6 Å². The van der Waals surface area contributed by atoms with Gasteiger partial charge in [0.2, 0.25) is 12.3 Å². The van der Waals surface area contributed by atoms with E-state index in [0.29, 0.717) is 43.3 Å². The maximum Gasteiger partial charge on any atom is 0.406 e. The molecule has 45 heavy (non-hydrogen) atoms. The van der Waals surface area contributed by atoms with Crippen molar-refractivity contribution in [2.75, 3.05) is 24.5 Å². The summed E-state index contributed by atoms with van der Waals surface area (Å²) in [7, 11) is 0. The molecule has 4 aromatic carbocycles. The first-order valence-corrected chi connectivity index (χ1v) is 15.5. The van der Waals surface area contributed by atoms with Gasteiger partial charge in [-0.1, -0.05) is 104 Å². The number of amides is 2. The normalized spacial score (nSPS) is 17.1. The van der Waals surface area contributed by atoms with Gasteiger partial charge in [-0.05, 0) is 52.6 Å². The Morgan fingerprint density at radius 3 is 2.27 bits per heavy atom. The fourth-order valence-electron chi connectivity index (χ4n) is 6.96. The van der Waals surface area contributed by atoms with Gasteiger partial charge in [0.15, 0.2) is 0 Å². The number of alkyl halides is 3. The predicted molar refractivity (Wildman–Crippen MR) is 172 cm³/mol. The van der Waals surface area contributed by atoms with E-state index in [4.69, 9.17) is 0 Å². The second kappa shape index (κ2) is 12.8. The third-order valence-electron chi connectivity index (χ3n) is 8.88. The molecular formula is C37H36F3N3O2. The minimum atomic E-state index is -4.53. The fraction of sp³-hybridized carbons (Fsp3) is 0.297. The molecule has 1 heterocycles. The summed E-state index contributed by atoms with van der Waals surface area (Å²) < 4.78 is 41.6. The van der Waals surface area contributed by atoms with Crippen LogP contribution in [0.4, 0.5) is 18.9 Å². The molecule has 0 bridgehead atoms. The average molecular weight is 612 g/mol. The Hall–Kier alpha value is -4.59. The first-order valence-electron chi connectivity index (χ1n) is 15.5. The lowest BCUT2D eigenvalue weighted by atomic mass is 9.87. The maximum atomic E-state index is 14.5. The lowest BCUT2D eigenvalue weighted by Crippen LogP contribution is -2.43. The lowest BCUT2D eigenvalue weighted by molar-refractivity contribution is -0.161. The van der Waals surface area contributed by atoms with Crippen LogP contribution >= 0.6 is 0 Å². The van der Waals surface area contributed by atoms with Crippen molar-refractivity contribution < 1.29 is 22.8 Å². The van der Waals surface area contributed by atoms with Crippen LogP contribution in [0.2, 0.25) is 0 Å². The number of nitrogens with one attached hydrogen (secondary N) is 1. The van der Waals surface area contributed by atoms with Crippen molar-refractivity contribution in [3.63, 3.8) is 0 Å². The maximum absolute atomic E-state index is 14.5. The van der Waals surface area contributed by atoms with Crippen LogP contribution in [0.15, 0.2) is 91.0 Å². The number of halogens is 3. The second-order valence-electron chi connectivity index (χ2n) is 11.7. The van der Waals surface area contributed by atoms with E-state index < -0.39 is 24.5 Å². The molecule has 1 aliphatic heterocycles. The number of benzene rings is 4. The molecule has 1 fully saturated rings. The largest absolute Gasteiger partial charge is 0.406 e. The second-order valence-corrected chi connectivity index (χ2v) is 11.7. The van der Waals surface area contributed by atoms with E-state index >= 15 is 0 Å². The molecule has 2 aliphatic rings. The number of anilines is 1. The van der Waals surface area contributed by atoms with Gasteiger partial charge in [-0.2, -0.15) is 13.2 Å². The standard InChI is InChI=1S/C37H36F3N3O2/c1-2-3-21-42(23-37(38,39)40)36(45)34-29-17-10-9-16-28(29)30-19-20-31(35(33(30)34)43-22-11-18-32(43)41-24-44)27-15-8-7-14-26(27)25-12-5-4-6-13-25/h4-10,12-17,19-20,24,32,34H,2-3,11,18,21-23H2,1H3,(H,41,44). The van der Waals surface area contributed by atoms with E-state index in [1.807, 2.05) is 85.8 Å². The van der Waals surface area contributed by atoms with Gasteiger partial charge in [-0.3, -0.25) is 9.59 Å². The zero-order valence-corrected chi connectivity index (χ0v) is 25.2. The molecule has 0 radical (unpaired) electrons. The summed E-state index contributed by atoms with van der Waals surface area (Å²) in [5, 5.41) is 2.96. The van der Waals surface area contributed by atoms with Crippen molar-refractivity contribution >= 4 is 18.0 Å². The minimum absolute atomic E-state index is 0.0216. The fourth-order valence-corrected chi connectivity index (χ4v) is 6.96. The summed E-state index contributed by atoms with van der Waals surface area (Å²) in [5.74, 6) is -1.48. The molecule has 232 valence electrons. The number of unbranched alkanes of at least 4 members (excludes halogenated alkanes) is 1. The van der Waals surface area contributed by atoms with Crippen LogP contribution < -0.4 is 10.2 Å². The van der Waals surface area contributed by atoms with Gasteiger partial charge >= 0.3 is 6.18 Å². The van der Waals surface area contributed by atoms with Crippen LogP contribution in [0.3, 0.4) is 0 Å². The van der Waals surface area contributed by atoms with Gasteiger partial charge in [0.25, 0.3) is 0 Å². The first kappa shape index (κ1) is 30.4. The molecule has 1 N–H and O–H groups in total. The number of carbonyl (C=O) groups is 2. The number of nitrogens with zero attached hydrogens (tertiary/aromatic N) is 2. The zero-order chi connectivity index (χ0) is 31.6. The highest BCUT2D eigenvalue weighted by molar-refractivity contribution is 6.03. The van der Waals surface area contributed by atoms with E-state index in [9.17, 15) is 22.8 Å². The van der Waals surface area contributed by atoms with Gasteiger partial charge in [-0.15, -0.1) is 0 Å². The quantitative estimate of drug-likeness (QED) is 0.185. The highest BCUT2D eigenvalue weighted by atomic mass is 19.4. The monoisotopic (exact) mass is 611 g/mol. The molecular weight excluding hydrogens is 575 g/mol. The molecule has 2 atom stereocenters. The van der Waals surface area contributed by atoms with Gasteiger partial charge < -0.3 is 15.1 Å². The molecule has 4 aromatic rings. The Morgan fingerprint density at radius 1 is 0.889 bits per heavy atom. The van der Waals surface area contributed by atoms with Gasteiger partial charge in [-0.25, -0.2) is 0 Å². The van der Waals surface area contributed by atoms with Crippen molar-refractivity contribution in [3.8, 4) is 33.4 Å². The van der Waals surface area contributed by atoms with E-state index in [-0.39, 0.29) is 12.7 Å². The number of fused-ring (bicyclic) bond motifs is 3. The first-order chi connectivity index (χ1) is 21.8. The van der Waals surface area contributed by atoms with E-state index in [1.54, 1.807) is 0 Å². The minimum Gasteiger partial charge on any atom is -0.351 e. The Bertz CT molecular complexity index is 1690. The highest BCUT2D eigenvalue weighted by Gasteiger charge is 2.43. The Kier molecular flexibility index (Phi) is 8.65. The highest BCUT2D eigenvalue weighted by Crippen LogP contribution is 2.54. The topological polar surface area (TPSA) is 52.7 Å². The molecule has 6 rings (SSSR count). The number of rotatable bonds is 10. The molecule has 2 unspecified atom stereocenters. The van der Waals surface area contributed by atoms with Crippen molar-refractivity contribution in [2.24, 2.45) is 0 Å². The number of carbonyl (C=O) groups excluding carboxylic acids is 2. The third kappa shape index (κ3) is 5.93. The Balaban J connectivity index is 1.61. The summed E-state index contributed by atoms with van der Waals surface area (Å²) in [5.41, 5.74) is 7.70. The lowest BCUT2D eigenvalue weighted by Gasteiger charge is -2.34. The Labute approximate surface area is 261 Å². The van der Waals surface area contributed by atoms with Crippen molar-refractivity contribution in [3.05, 3.63) is 102 Å². The molecule has 8 heteroatoms. The van der Waals surface area contributed by atoms with Gasteiger partial charge in [0, 0.05) is 24.2 Å². The van der Waals surface area contributed by atoms with E-state index in [1.165, 1.54) is 0 Å². The predicted octanol–water partition coefficient (Wildman–Crippen LogP) is 8.00. The molecule has 0 spiro atoms. The SMILES string of the molecule is CCCCN(CC(F)(F)F)C(=O)C1c2ccccc2-c2ccc(-c3ccccc3-c3ccccc3)c(N3CCCC3NC=O)c21. The van der Waals surface area contributed by atoms with Crippen LogP contribution in [-0.4, -0.2) is 49.2 Å². The van der Waals surface area contributed by atoms with Gasteiger partial charge in [0.1, 0.15) is 12.7 Å². The number of hydrogen-bond acceptors (Lipinski definition) is 3. The summed E-state index contributed by atoms with van der Waals surface area (Å²) in [6, 6.07) is 29.7. The van der Waals surface area contributed by atoms with Crippen LogP contribution in [0.25, 0.3) is 33.4 Å². The third-order valence-corrected chi connectivity index (χ3v) is 8.88. The molecule has 0 saturated carbocycles. The van der Waals surface area contributed by atoms with Crippen molar-refractivity contribution in [1.82, 2.24) is 10.2 Å². The molecule has 2 amide bonds.